The van der Waals surface area contributed by atoms with Crippen molar-refractivity contribution in [3.05, 3.63) is 89.1 Å². The highest BCUT2D eigenvalue weighted by molar-refractivity contribution is 5.97. The molecule has 1 fully saturated rings. The SMILES string of the molecule is CNC(=O)c1cc(-c2nn(-c3ccccc3)c(NC(=O)N[C@@H]3CN(C)O[C@H]3c3ccc(F)c(F)c3)c2C)cnc1OC. The Kier molecular flexibility index (Phi) is 8.13. The molecule has 3 N–H and O–H groups in total. The summed E-state index contributed by atoms with van der Waals surface area (Å²) in [6, 6.07) is 13.2. The van der Waals surface area contributed by atoms with Gasteiger partial charge in [-0.15, -0.1) is 0 Å². The Labute approximate surface area is 240 Å². The molecule has 4 aromatic rings. The number of carbonyl (C=O) groups is 2. The molecule has 0 aliphatic carbocycles. The number of nitrogens with one attached hydrogen (secondary N) is 3. The number of likely N-dealkylation sites (N-methyl/N-ethyl adjacent to an activating group) is 1. The number of pyridine rings is 1. The van der Waals surface area contributed by atoms with Crippen molar-refractivity contribution < 1.29 is 27.9 Å². The maximum atomic E-state index is 13.9. The Bertz CT molecular complexity index is 1630. The average molecular weight is 578 g/mol. The quantitative estimate of drug-likeness (QED) is 0.304. The van der Waals surface area contributed by atoms with Gasteiger partial charge < -0.3 is 15.4 Å². The molecule has 11 nitrogen and oxygen atoms in total. The molecule has 1 saturated heterocycles. The van der Waals surface area contributed by atoms with Crippen molar-refractivity contribution in [2.24, 2.45) is 0 Å². The van der Waals surface area contributed by atoms with E-state index >= 15 is 0 Å². The number of amides is 3. The van der Waals surface area contributed by atoms with Gasteiger partial charge >= 0.3 is 6.03 Å². The second-order valence-corrected chi connectivity index (χ2v) is 9.64. The van der Waals surface area contributed by atoms with Crippen LogP contribution in [0.4, 0.5) is 19.4 Å². The van der Waals surface area contributed by atoms with E-state index in [0.29, 0.717) is 40.4 Å². The van der Waals surface area contributed by atoms with Crippen LogP contribution in [-0.4, -0.2) is 65.6 Å². The van der Waals surface area contributed by atoms with Gasteiger partial charge in [-0.2, -0.15) is 10.2 Å². The minimum absolute atomic E-state index is 0.162. The fourth-order valence-corrected chi connectivity index (χ4v) is 4.81. The molecule has 2 aromatic carbocycles. The Morgan fingerprint density at radius 1 is 1.10 bits per heavy atom. The number of urea groups is 1. The Morgan fingerprint density at radius 3 is 2.55 bits per heavy atom. The maximum absolute atomic E-state index is 13.9. The maximum Gasteiger partial charge on any atom is 0.320 e. The molecule has 1 aliphatic heterocycles. The molecule has 0 spiro atoms. The van der Waals surface area contributed by atoms with Gasteiger partial charge in [0, 0.05) is 38.0 Å². The van der Waals surface area contributed by atoms with Crippen LogP contribution in [0.2, 0.25) is 0 Å². The second-order valence-electron chi connectivity index (χ2n) is 9.64. The molecule has 42 heavy (non-hydrogen) atoms. The van der Waals surface area contributed by atoms with Crippen LogP contribution in [0, 0.1) is 18.6 Å². The third-order valence-corrected chi connectivity index (χ3v) is 6.85. The highest BCUT2D eigenvalue weighted by Gasteiger charge is 2.35. The minimum Gasteiger partial charge on any atom is -0.480 e. The van der Waals surface area contributed by atoms with Crippen LogP contribution in [0.3, 0.4) is 0 Å². The van der Waals surface area contributed by atoms with Crippen LogP contribution < -0.4 is 20.7 Å². The van der Waals surface area contributed by atoms with Crippen LogP contribution in [0.25, 0.3) is 16.9 Å². The van der Waals surface area contributed by atoms with Gasteiger partial charge in [-0.3, -0.25) is 14.9 Å². The summed E-state index contributed by atoms with van der Waals surface area (Å²) in [7, 11) is 4.62. The fraction of sp³-hybridized carbons (Fsp3) is 0.241. The zero-order valence-electron chi connectivity index (χ0n) is 23.3. The van der Waals surface area contributed by atoms with Crippen LogP contribution in [-0.2, 0) is 4.84 Å². The third kappa shape index (κ3) is 5.64. The zero-order valence-corrected chi connectivity index (χ0v) is 23.3. The largest absolute Gasteiger partial charge is 0.480 e. The van der Waals surface area contributed by atoms with Crippen LogP contribution in [0.1, 0.15) is 27.6 Å². The monoisotopic (exact) mass is 577 g/mol. The first-order chi connectivity index (χ1) is 20.2. The lowest BCUT2D eigenvalue weighted by molar-refractivity contribution is -0.129. The molecule has 0 radical (unpaired) electrons. The molecule has 13 heteroatoms. The fourth-order valence-electron chi connectivity index (χ4n) is 4.81. The molecular formula is C29H29F2N7O4. The van der Waals surface area contributed by atoms with Gasteiger partial charge in [0.2, 0.25) is 5.88 Å². The highest BCUT2D eigenvalue weighted by atomic mass is 19.2. The number of aromatic nitrogens is 3. The molecule has 3 amide bonds. The van der Waals surface area contributed by atoms with E-state index in [1.165, 1.54) is 31.5 Å². The lowest BCUT2D eigenvalue weighted by Crippen LogP contribution is -2.42. The molecule has 0 bridgehead atoms. The van der Waals surface area contributed by atoms with Crippen LogP contribution in [0.5, 0.6) is 5.88 Å². The van der Waals surface area contributed by atoms with Crippen molar-refractivity contribution in [3.8, 4) is 22.8 Å². The summed E-state index contributed by atoms with van der Waals surface area (Å²) in [5.41, 5.74) is 2.93. The number of para-hydroxylation sites is 1. The summed E-state index contributed by atoms with van der Waals surface area (Å²) in [4.78, 5) is 35.9. The Hall–Kier alpha value is -4.88. The van der Waals surface area contributed by atoms with E-state index in [1.807, 2.05) is 30.3 Å². The van der Waals surface area contributed by atoms with Crippen LogP contribution >= 0.6 is 0 Å². The number of ether oxygens (including phenoxy) is 1. The van der Waals surface area contributed by atoms with E-state index in [4.69, 9.17) is 14.7 Å². The van der Waals surface area contributed by atoms with E-state index in [1.54, 1.807) is 24.7 Å². The van der Waals surface area contributed by atoms with Crippen molar-refractivity contribution in [2.75, 3.05) is 33.1 Å². The first-order valence-electron chi connectivity index (χ1n) is 13.0. The number of halogens is 2. The number of carbonyl (C=O) groups excluding carboxylic acids is 2. The Balaban J connectivity index is 1.47. The van der Waals surface area contributed by atoms with E-state index in [-0.39, 0.29) is 17.4 Å². The average Bonchev–Trinajstić information content (AvgIpc) is 3.52. The lowest BCUT2D eigenvalue weighted by atomic mass is 10.0. The molecule has 3 heterocycles. The first kappa shape index (κ1) is 28.6. The van der Waals surface area contributed by atoms with Gasteiger partial charge in [0.25, 0.3) is 5.91 Å². The van der Waals surface area contributed by atoms with Crippen molar-refractivity contribution >= 4 is 17.8 Å². The molecule has 2 atom stereocenters. The van der Waals surface area contributed by atoms with Crippen molar-refractivity contribution in [2.45, 2.75) is 19.1 Å². The van der Waals surface area contributed by atoms with Gasteiger partial charge in [0.15, 0.2) is 11.6 Å². The van der Waals surface area contributed by atoms with Gasteiger partial charge in [0.1, 0.15) is 17.5 Å². The first-order valence-corrected chi connectivity index (χ1v) is 13.0. The van der Waals surface area contributed by atoms with E-state index in [0.717, 1.165) is 12.1 Å². The molecule has 1 aliphatic rings. The number of hydrogen-bond donors (Lipinski definition) is 3. The Morgan fingerprint density at radius 2 is 1.86 bits per heavy atom. The minimum atomic E-state index is -1.00. The van der Waals surface area contributed by atoms with Gasteiger partial charge in [-0.05, 0) is 42.8 Å². The second kappa shape index (κ2) is 11.9. The van der Waals surface area contributed by atoms with Gasteiger partial charge in [0.05, 0.1) is 24.5 Å². The molecule has 2 aromatic heterocycles. The summed E-state index contributed by atoms with van der Waals surface area (Å²) in [6.07, 6.45) is 0.804. The molecule has 0 saturated carbocycles. The lowest BCUT2D eigenvalue weighted by Gasteiger charge is -2.19. The molecular weight excluding hydrogens is 548 g/mol. The summed E-state index contributed by atoms with van der Waals surface area (Å²) in [5, 5.41) is 14.6. The van der Waals surface area contributed by atoms with Crippen molar-refractivity contribution in [1.29, 1.82) is 0 Å². The predicted octanol–water partition coefficient (Wildman–Crippen LogP) is 4.00. The zero-order chi connectivity index (χ0) is 30.0. The number of methoxy groups -OCH3 is 1. The van der Waals surface area contributed by atoms with Crippen molar-refractivity contribution in [1.82, 2.24) is 30.5 Å². The van der Waals surface area contributed by atoms with Crippen LogP contribution in [0.15, 0.2) is 60.8 Å². The topological polar surface area (TPSA) is 123 Å². The van der Waals surface area contributed by atoms with Gasteiger partial charge in [-0.1, -0.05) is 24.3 Å². The molecule has 0 unspecified atom stereocenters. The third-order valence-electron chi connectivity index (χ3n) is 6.85. The summed E-state index contributed by atoms with van der Waals surface area (Å²) < 4.78 is 34.3. The number of hydroxylamine groups is 2. The molecule has 218 valence electrons. The predicted molar refractivity (Wildman–Crippen MR) is 150 cm³/mol. The number of nitrogens with zero attached hydrogens (tertiary/aromatic N) is 4. The summed E-state index contributed by atoms with van der Waals surface area (Å²) in [6.45, 7) is 2.09. The smallest absolute Gasteiger partial charge is 0.320 e. The highest BCUT2D eigenvalue weighted by Crippen LogP contribution is 2.33. The standard InChI is InChI=1S/C29H29F2N7O4/c1-16-24(18-12-20(27(39)32-2)28(41-4)33-14-18)36-38(19-8-6-5-7-9-19)26(16)35-29(40)34-23-15-37(3)42-25(23)17-10-11-21(30)22(31)13-17/h5-14,23,25H,15H2,1-4H3,(H,32,39)(H2,34,35,40)/t23-,25+/m1/s1. The van der Waals surface area contributed by atoms with E-state index in [9.17, 15) is 18.4 Å². The van der Waals surface area contributed by atoms with E-state index in [2.05, 4.69) is 20.9 Å². The summed E-state index contributed by atoms with van der Waals surface area (Å²) >= 11 is 0. The molecule has 5 rings (SSSR count). The normalized spacial score (nSPS) is 16.7. The number of benzene rings is 2. The van der Waals surface area contributed by atoms with E-state index < -0.39 is 29.8 Å². The summed E-state index contributed by atoms with van der Waals surface area (Å²) in [5.74, 6) is -1.81. The van der Waals surface area contributed by atoms with Crippen molar-refractivity contribution in [3.63, 3.8) is 0 Å². The number of anilines is 1. The number of rotatable bonds is 7. The number of hydrogen-bond acceptors (Lipinski definition) is 7. The van der Waals surface area contributed by atoms with Gasteiger partial charge in [-0.25, -0.2) is 23.2 Å².